The quantitative estimate of drug-likeness (QED) is 0.710. The van der Waals surface area contributed by atoms with E-state index in [9.17, 15) is 5.11 Å². The molecule has 0 amide bonds. The Kier molecular flexibility index (Phi) is 6.50. The van der Waals surface area contributed by atoms with Gasteiger partial charge in [-0.2, -0.15) is 0 Å². The highest BCUT2D eigenvalue weighted by Crippen LogP contribution is 2.34. The van der Waals surface area contributed by atoms with Gasteiger partial charge in [0.1, 0.15) is 5.75 Å². The van der Waals surface area contributed by atoms with E-state index in [0.29, 0.717) is 30.6 Å². The van der Waals surface area contributed by atoms with E-state index < -0.39 is 0 Å². The van der Waals surface area contributed by atoms with Crippen LogP contribution >= 0.6 is 0 Å². The third-order valence-corrected chi connectivity index (χ3v) is 3.38. The molecule has 0 fully saturated rings. The molecule has 0 aliphatic rings. The van der Waals surface area contributed by atoms with Crippen molar-refractivity contribution >= 4 is 11.4 Å². The molecule has 0 heterocycles. The first-order chi connectivity index (χ1) is 9.19. The van der Waals surface area contributed by atoms with Gasteiger partial charge in [-0.05, 0) is 31.9 Å². The van der Waals surface area contributed by atoms with E-state index in [1.54, 1.807) is 0 Å². The van der Waals surface area contributed by atoms with Gasteiger partial charge in [0.15, 0.2) is 0 Å². The standard InChI is InChI=1S/C15H26N2O2/c1-4-12(5-2)17(10-11-18)13-8-7-9-14(15(13)16)19-6-3/h7-9,12,18H,4-6,10-11,16H2,1-3H3. The van der Waals surface area contributed by atoms with Crippen molar-refractivity contribution in [2.24, 2.45) is 0 Å². The zero-order valence-electron chi connectivity index (χ0n) is 12.2. The summed E-state index contributed by atoms with van der Waals surface area (Å²) in [7, 11) is 0. The number of benzene rings is 1. The first kappa shape index (κ1) is 15.6. The van der Waals surface area contributed by atoms with Gasteiger partial charge in [0.05, 0.1) is 24.6 Å². The van der Waals surface area contributed by atoms with Crippen molar-refractivity contribution in [3.63, 3.8) is 0 Å². The van der Waals surface area contributed by atoms with Crippen LogP contribution in [0.2, 0.25) is 0 Å². The predicted octanol–water partition coefficient (Wildman–Crippen LogP) is 2.65. The molecule has 0 atom stereocenters. The molecule has 0 spiro atoms. The van der Waals surface area contributed by atoms with E-state index in [4.69, 9.17) is 10.5 Å². The summed E-state index contributed by atoms with van der Waals surface area (Å²) in [6.07, 6.45) is 2.05. The monoisotopic (exact) mass is 266 g/mol. The fourth-order valence-electron chi connectivity index (χ4n) is 2.40. The molecule has 0 aliphatic carbocycles. The number of aliphatic hydroxyl groups excluding tert-OH is 1. The summed E-state index contributed by atoms with van der Waals surface area (Å²) in [5, 5.41) is 9.29. The number of ether oxygens (including phenoxy) is 1. The van der Waals surface area contributed by atoms with Crippen LogP contribution in [-0.2, 0) is 0 Å². The lowest BCUT2D eigenvalue weighted by atomic mass is 10.1. The highest BCUT2D eigenvalue weighted by atomic mass is 16.5. The molecule has 1 rings (SSSR count). The minimum absolute atomic E-state index is 0.120. The number of hydrogen-bond donors (Lipinski definition) is 2. The maximum atomic E-state index is 9.29. The number of para-hydroxylation sites is 1. The fraction of sp³-hybridized carbons (Fsp3) is 0.600. The van der Waals surface area contributed by atoms with Gasteiger partial charge in [-0.3, -0.25) is 0 Å². The lowest BCUT2D eigenvalue weighted by Crippen LogP contribution is -2.37. The summed E-state index contributed by atoms with van der Waals surface area (Å²) in [6.45, 7) is 7.56. The highest BCUT2D eigenvalue weighted by Gasteiger charge is 2.19. The second-order valence-corrected chi connectivity index (χ2v) is 4.51. The average molecular weight is 266 g/mol. The number of hydrogen-bond acceptors (Lipinski definition) is 4. The van der Waals surface area contributed by atoms with Crippen LogP contribution in [0.5, 0.6) is 5.75 Å². The van der Waals surface area contributed by atoms with E-state index in [0.717, 1.165) is 18.5 Å². The maximum Gasteiger partial charge on any atom is 0.144 e. The first-order valence-electron chi connectivity index (χ1n) is 7.08. The summed E-state index contributed by atoms with van der Waals surface area (Å²) in [6, 6.07) is 6.20. The number of anilines is 2. The Balaban J connectivity index is 3.11. The van der Waals surface area contributed by atoms with Crippen molar-refractivity contribution < 1.29 is 9.84 Å². The molecule has 0 saturated carbocycles. The molecule has 0 unspecified atom stereocenters. The van der Waals surface area contributed by atoms with E-state index in [2.05, 4.69) is 18.7 Å². The third-order valence-electron chi connectivity index (χ3n) is 3.38. The molecule has 0 aromatic heterocycles. The normalized spacial score (nSPS) is 10.8. The van der Waals surface area contributed by atoms with Crippen LogP contribution in [0.1, 0.15) is 33.6 Å². The first-order valence-corrected chi connectivity index (χ1v) is 7.08. The zero-order chi connectivity index (χ0) is 14.3. The van der Waals surface area contributed by atoms with Gasteiger partial charge in [0.25, 0.3) is 0 Å². The number of nitrogen functional groups attached to an aromatic ring is 1. The lowest BCUT2D eigenvalue weighted by Gasteiger charge is -2.33. The third kappa shape index (κ3) is 3.77. The molecule has 1 aromatic carbocycles. The van der Waals surface area contributed by atoms with Crippen molar-refractivity contribution in [1.29, 1.82) is 0 Å². The Bertz CT molecular complexity index is 378. The lowest BCUT2D eigenvalue weighted by molar-refractivity contribution is 0.296. The molecule has 0 saturated heterocycles. The minimum atomic E-state index is 0.120. The summed E-state index contributed by atoms with van der Waals surface area (Å²) in [5.41, 5.74) is 7.81. The molecule has 108 valence electrons. The molecule has 0 aliphatic heterocycles. The maximum absolute atomic E-state index is 9.29. The number of nitrogens with zero attached hydrogens (tertiary/aromatic N) is 1. The Morgan fingerprint density at radius 2 is 1.95 bits per heavy atom. The molecule has 3 N–H and O–H groups in total. The Morgan fingerprint density at radius 3 is 2.47 bits per heavy atom. The van der Waals surface area contributed by atoms with Gasteiger partial charge < -0.3 is 20.5 Å². The second kappa shape index (κ2) is 7.89. The van der Waals surface area contributed by atoms with E-state index in [-0.39, 0.29) is 6.61 Å². The van der Waals surface area contributed by atoms with E-state index in [1.807, 2.05) is 25.1 Å². The van der Waals surface area contributed by atoms with Crippen LogP contribution in [0.4, 0.5) is 11.4 Å². The van der Waals surface area contributed by atoms with Crippen LogP contribution in [0.3, 0.4) is 0 Å². The topological polar surface area (TPSA) is 58.7 Å². The molecule has 0 bridgehead atoms. The molecular weight excluding hydrogens is 240 g/mol. The van der Waals surface area contributed by atoms with Gasteiger partial charge in [-0.1, -0.05) is 19.9 Å². The fourth-order valence-corrected chi connectivity index (χ4v) is 2.40. The van der Waals surface area contributed by atoms with Gasteiger partial charge in [0, 0.05) is 12.6 Å². The summed E-state index contributed by atoms with van der Waals surface area (Å²) in [4.78, 5) is 2.18. The SMILES string of the molecule is CCOc1cccc(N(CCO)C(CC)CC)c1N. The number of aliphatic hydroxyl groups is 1. The Labute approximate surface area is 116 Å². The van der Waals surface area contributed by atoms with Crippen molar-refractivity contribution in [3.8, 4) is 5.75 Å². The highest BCUT2D eigenvalue weighted by molar-refractivity contribution is 5.74. The van der Waals surface area contributed by atoms with Crippen molar-refractivity contribution in [3.05, 3.63) is 18.2 Å². The van der Waals surface area contributed by atoms with Crippen molar-refractivity contribution in [1.82, 2.24) is 0 Å². The molecule has 1 aromatic rings. The van der Waals surface area contributed by atoms with Crippen molar-refractivity contribution in [2.75, 3.05) is 30.4 Å². The van der Waals surface area contributed by atoms with Crippen LogP contribution in [0.25, 0.3) is 0 Å². The zero-order valence-corrected chi connectivity index (χ0v) is 12.2. The average Bonchev–Trinajstić information content (AvgIpc) is 2.42. The predicted molar refractivity (Wildman–Crippen MR) is 80.8 cm³/mol. The molecular formula is C15H26N2O2. The van der Waals surface area contributed by atoms with Crippen LogP contribution < -0.4 is 15.4 Å². The van der Waals surface area contributed by atoms with Gasteiger partial charge in [0.2, 0.25) is 0 Å². The largest absolute Gasteiger partial charge is 0.492 e. The summed E-state index contributed by atoms with van der Waals surface area (Å²) < 4.78 is 5.54. The van der Waals surface area contributed by atoms with Gasteiger partial charge in [-0.25, -0.2) is 0 Å². The van der Waals surface area contributed by atoms with E-state index >= 15 is 0 Å². The van der Waals surface area contributed by atoms with Gasteiger partial charge in [-0.15, -0.1) is 0 Å². The number of rotatable bonds is 8. The van der Waals surface area contributed by atoms with Crippen LogP contribution in [-0.4, -0.2) is 30.9 Å². The summed E-state index contributed by atoms with van der Waals surface area (Å²) in [5.74, 6) is 0.717. The smallest absolute Gasteiger partial charge is 0.144 e. The minimum Gasteiger partial charge on any atom is -0.492 e. The van der Waals surface area contributed by atoms with Gasteiger partial charge >= 0.3 is 0 Å². The second-order valence-electron chi connectivity index (χ2n) is 4.51. The molecule has 4 heteroatoms. The molecule has 0 radical (unpaired) electrons. The summed E-state index contributed by atoms with van der Waals surface area (Å²) >= 11 is 0. The van der Waals surface area contributed by atoms with Crippen LogP contribution in [0.15, 0.2) is 18.2 Å². The van der Waals surface area contributed by atoms with Crippen LogP contribution in [0, 0.1) is 0 Å². The molecule has 4 nitrogen and oxygen atoms in total. The van der Waals surface area contributed by atoms with Crippen molar-refractivity contribution in [2.45, 2.75) is 39.7 Å². The number of nitrogens with two attached hydrogens (primary N) is 1. The Morgan fingerprint density at radius 1 is 1.26 bits per heavy atom. The molecule has 19 heavy (non-hydrogen) atoms. The Hall–Kier alpha value is -1.42. The van der Waals surface area contributed by atoms with E-state index in [1.165, 1.54) is 0 Å².